The molecule has 0 heterocycles. The maximum absolute atomic E-state index is 3.65. The number of rotatable bonds is 12. The summed E-state index contributed by atoms with van der Waals surface area (Å²) in [5.41, 5.74) is 0. The molecule has 0 aliphatic rings. The molecule has 0 amide bonds. The topological polar surface area (TPSA) is 12.0 Å². The van der Waals surface area contributed by atoms with Crippen LogP contribution in [-0.2, 0) is 0 Å². The Morgan fingerprint density at radius 3 is 2.00 bits per heavy atom. The van der Waals surface area contributed by atoms with Gasteiger partial charge in [0.25, 0.3) is 0 Å². The van der Waals surface area contributed by atoms with Crippen molar-refractivity contribution in [1.29, 1.82) is 0 Å². The maximum atomic E-state index is 3.65. The molecule has 0 rings (SSSR count). The average molecular weight is 241 g/mol. The van der Waals surface area contributed by atoms with Gasteiger partial charge in [0.15, 0.2) is 0 Å². The molecule has 0 aromatic rings. The Morgan fingerprint density at radius 2 is 1.47 bits per heavy atom. The lowest BCUT2D eigenvalue weighted by Gasteiger charge is -2.19. The highest BCUT2D eigenvalue weighted by Crippen LogP contribution is 2.20. The number of hydrogen-bond acceptors (Lipinski definition) is 1. The Bertz CT molecular complexity index is 128. The van der Waals surface area contributed by atoms with Gasteiger partial charge >= 0.3 is 0 Å². The van der Waals surface area contributed by atoms with E-state index in [-0.39, 0.29) is 0 Å². The van der Waals surface area contributed by atoms with Crippen LogP contribution in [0, 0.1) is 5.92 Å². The van der Waals surface area contributed by atoms with Crippen LogP contribution in [0.1, 0.15) is 85.5 Å². The van der Waals surface area contributed by atoms with Gasteiger partial charge < -0.3 is 5.32 Å². The lowest BCUT2D eigenvalue weighted by atomic mass is 9.92. The summed E-state index contributed by atoms with van der Waals surface area (Å²) in [6, 6.07) is 0.763. The molecule has 0 aromatic carbocycles. The van der Waals surface area contributed by atoms with Crippen LogP contribution in [0.4, 0.5) is 0 Å². The highest BCUT2D eigenvalue weighted by atomic mass is 14.9. The van der Waals surface area contributed by atoms with E-state index in [0.717, 1.165) is 12.0 Å². The van der Waals surface area contributed by atoms with Crippen molar-refractivity contribution in [3.8, 4) is 0 Å². The van der Waals surface area contributed by atoms with Gasteiger partial charge in [0, 0.05) is 6.04 Å². The first-order chi connectivity index (χ1) is 8.28. The Balaban J connectivity index is 3.61. The molecule has 1 N–H and O–H groups in total. The van der Waals surface area contributed by atoms with E-state index in [2.05, 4.69) is 33.0 Å². The van der Waals surface area contributed by atoms with E-state index in [9.17, 15) is 0 Å². The van der Waals surface area contributed by atoms with Gasteiger partial charge in [0.2, 0.25) is 0 Å². The second-order valence-electron chi connectivity index (χ2n) is 5.41. The van der Waals surface area contributed by atoms with Gasteiger partial charge in [-0.15, -0.1) is 0 Å². The van der Waals surface area contributed by atoms with Crippen molar-refractivity contribution < 1.29 is 0 Å². The van der Waals surface area contributed by atoms with E-state index in [0.29, 0.717) is 0 Å². The normalized spacial score (nSPS) is 14.8. The van der Waals surface area contributed by atoms with Crippen LogP contribution < -0.4 is 5.32 Å². The van der Waals surface area contributed by atoms with Crippen molar-refractivity contribution in [2.24, 2.45) is 5.92 Å². The zero-order chi connectivity index (χ0) is 12.9. The molecule has 0 saturated heterocycles. The molecule has 1 nitrogen and oxygen atoms in total. The monoisotopic (exact) mass is 241 g/mol. The first-order valence-electron chi connectivity index (χ1n) is 8.01. The number of unbranched alkanes of at least 4 members (excludes halogenated alkanes) is 1. The molecule has 2 unspecified atom stereocenters. The van der Waals surface area contributed by atoms with E-state index < -0.39 is 0 Å². The average Bonchev–Trinajstić information content (AvgIpc) is 2.37. The molecular weight excluding hydrogens is 206 g/mol. The number of hydrogen-bond donors (Lipinski definition) is 1. The van der Waals surface area contributed by atoms with Gasteiger partial charge in [0.05, 0.1) is 0 Å². The van der Waals surface area contributed by atoms with E-state index in [4.69, 9.17) is 0 Å². The van der Waals surface area contributed by atoms with Gasteiger partial charge in [0.1, 0.15) is 0 Å². The minimum Gasteiger partial charge on any atom is -0.314 e. The molecule has 0 saturated carbocycles. The van der Waals surface area contributed by atoms with Crippen LogP contribution in [0.3, 0.4) is 0 Å². The molecule has 1 heteroatoms. The summed E-state index contributed by atoms with van der Waals surface area (Å²) in [6.07, 6.45) is 12.4. The molecule has 0 aliphatic carbocycles. The summed E-state index contributed by atoms with van der Waals surface area (Å²) in [5, 5.41) is 3.65. The third-order valence-corrected chi connectivity index (χ3v) is 3.88. The maximum Gasteiger partial charge on any atom is 0.00644 e. The number of nitrogens with one attached hydrogen (secondary N) is 1. The SMILES string of the molecule is CCCCC(CC)CCCC(CC)NCCC. The van der Waals surface area contributed by atoms with Crippen LogP contribution in [0.2, 0.25) is 0 Å². The predicted molar refractivity (Wildman–Crippen MR) is 79.5 cm³/mol. The third kappa shape index (κ3) is 9.64. The Morgan fingerprint density at radius 1 is 0.765 bits per heavy atom. The summed E-state index contributed by atoms with van der Waals surface area (Å²) in [4.78, 5) is 0. The summed E-state index contributed by atoms with van der Waals surface area (Å²) < 4.78 is 0. The standard InChI is InChI=1S/C16H35N/c1-5-9-11-15(7-3)12-10-13-16(8-4)17-14-6-2/h15-17H,5-14H2,1-4H3. The molecular formula is C16H35N. The molecule has 0 bridgehead atoms. The lowest BCUT2D eigenvalue weighted by Crippen LogP contribution is -2.29. The fourth-order valence-corrected chi connectivity index (χ4v) is 2.50. The van der Waals surface area contributed by atoms with Gasteiger partial charge in [-0.2, -0.15) is 0 Å². The molecule has 104 valence electrons. The zero-order valence-corrected chi connectivity index (χ0v) is 12.7. The molecule has 2 atom stereocenters. The van der Waals surface area contributed by atoms with Crippen LogP contribution in [0.15, 0.2) is 0 Å². The van der Waals surface area contributed by atoms with Gasteiger partial charge in [-0.3, -0.25) is 0 Å². The Hall–Kier alpha value is -0.0400. The predicted octanol–water partition coefficient (Wildman–Crippen LogP) is 5.15. The molecule has 0 radical (unpaired) electrons. The van der Waals surface area contributed by atoms with Gasteiger partial charge in [-0.25, -0.2) is 0 Å². The van der Waals surface area contributed by atoms with Gasteiger partial charge in [-0.1, -0.05) is 66.2 Å². The molecule has 0 spiro atoms. The first-order valence-corrected chi connectivity index (χ1v) is 8.01. The minimum absolute atomic E-state index is 0.763. The van der Waals surface area contributed by atoms with E-state index in [1.807, 2.05) is 0 Å². The van der Waals surface area contributed by atoms with E-state index >= 15 is 0 Å². The second kappa shape index (κ2) is 12.4. The Kier molecular flexibility index (Phi) is 12.4. The molecule has 0 aliphatic heterocycles. The van der Waals surface area contributed by atoms with Crippen LogP contribution in [0.25, 0.3) is 0 Å². The Labute approximate surface area is 110 Å². The molecule has 0 aromatic heterocycles. The van der Waals surface area contributed by atoms with Crippen molar-refractivity contribution in [3.05, 3.63) is 0 Å². The minimum atomic E-state index is 0.763. The smallest absolute Gasteiger partial charge is 0.00644 e. The summed E-state index contributed by atoms with van der Waals surface area (Å²) >= 11 is 0. The van der Waals surface area contributed by atoms with Crippen molar-refractivity contribution in [2.45, 2.75) is 91.5 Å². The van der Waals surface area contributed by atoms with Crippen molar-refractivity contribution >= 4 is 0 Å². The van der Waals surface area contributed by atoms with Crippen molar-refractivity contribution in [2.75, 3.05) is 6.54 Å². The fraction of sp³-hybridized carbons (Fsp3) is 1.00. The highest BCUT2D eigenvalue weighted by molar-refractivity contribution is 4.66. The largest absolute Gasteiger partial charge is 0.314 e. The van der Waals surface area contributed by atoms with Crippen LogP contribution in [-0.4, -0.2) is 12.6 Å². The quantitative estimate of drug-likeness (QED) is 0.498. The first kappa shape index (κ1) is 17.0. The third-order valence-electron chi connectivity index (χ3n) is 3.88. The summed E-state index contributed by atoms with van der Waals surface area (Å²) in [7, 11) is 0. The van der Waals surface area contributed by atoms with Crippen molar-refractivity contribution in [3.63, 3.8) is 0 Å². The molecule has 17 heavy (non-hydrogen) atoms. The highest BCUT2D eigenvalue weighted by Gasteiger charge is 2.08. The second-order valence-corrected chi connectivity index (χ2v) is 5.41. The van der Waals surface area contributed by atoms with Crippen LogP contribution >= 0.6 is 0 Å². The lowest BCUT2D eigenvalue weighted by molar-refractivity contribution is 0.376. The van der Waals surface area contributed by atoms with Gasteiger partial charge in [-0.05, 0) is 31.7 Å². The van der Waals surface area contributed by atoms with E-state index in [1.54, 1.807) is 0 Å². The summed E-state index contributed by atoms with van der Waals surface area (Å²) in [5.74, 6) is 0.985. The fourth-order valence-electron chi connectivity index (χ4n) is 2.50. The summed E-state index contributed by atoms with van der Waals surface area (Å²) in [6.45, 7) is 10.4. The zero-order valence-electron chi connectivity index (χ0n) is 12.7. The van der Waals surface area contributed by atoms with Crippen LogP contribution in [0.5, 0.6) is 0 Å². The van der Waals surface area contributed by atoms with Crippen molar-refractivity contribution in [1.82, 2.24) is 5.32 Å². The van der Waals surface area contributed by atoms with E-state index in [1.165, 1.54) is 64.3 Å². The molecule has 0 fully saturated rings.